The van der Waals surface area contributed by atoms with Gasteiger partial charge in [-0.2, -0.15) is 0 Å². The van der Waals surface area contributed by atoms with E-state index in [1.807, 2.05) is 41.2 Å². The lowest BCUT2D eigenvalue weighted by atomic mass is 10.5. The molecule has 0 unspecified atom stereocenters. The third kappa shape index (κ3) is 4.81. The predicted octanol–water partition coefficient (Wildman–Crippen LogP) is 3.24. The first-order valence-electron chi connectivity index (χ1n) is 7.12. The van der Waals surface area contributed by atoms with Crippen molar-refractivity contribution in [2.75, 3.05) is 7.05 Å². The molecule has 3 aromatic heterocycles. The molecule has 3 heterocycles. The van der Waals surface area contributed by atoms with Crippen molar-refractivity contribution in [3.63, 3.8) is 0 Å². The summed E-state index contributed by atoms with van der Waals surface area (Å²) in [6, 6.07) is 3.72. The van der Waals surface area contributed by atoms with Crippen molar-refractivity contribution >= 4 is 58.5 Å². The van der Waals surface area contributed by atoms with Crippen molar-refractivity contribution in [3.05, 3.63) is 51.3 Å². The molecule has 0 aromatic carbocycles. The second kappa shape index (κ2) is 8.63. The van der Waals surface area contributed by atoms with Gasteiger partial charge in [0.05, 0.1) is 23.8 Å². The van der Waals surface area contributed by atoms with Gasteiger partial charge in [0.2, 0.25) is 0 Å². The van der Waals surface area contributed by atoms with Gasteiger partial charge in [-0.05, 0) is 19.1 Å². The highest BCUT2D eigenvalue weighted by atomic mass is 127. The Labute approximate surface area is 166 Å². The fourth-order valence-electron chi connectivity index (χ4n) is 2.14. The first kappa shape index (κ1) is 18.9. The van der Waals surface area contributed by atoms with Crippen LogP contribution in [0.15, 0.2) is 34.9 Å². The van der Waals surface area contributed by atoms with Crippen LogP contribution >= 0.6 is 46.9 Å². The number of guanidine groups is 1. The SMILES string of the molecule is CN=C(NCc1cn2cc(Cl)ccc2n1)NCc1nc(C)cs1.I. The molecule has 0 bridgehead atoms. The molecule has 0 aliphatic rings. The Balaban J connectivity index is 0.00000208. The molecule has 3 rings (SSSR count). The zero-order valence-corrected chi connectivity index (χ0v) is 17.2. The number of aryl methyl sites for hydroxylation is 1. The van der Waals surface area contributed by atoms with E-state index in [2.05, 4.69) is 25.6 Å². The summed E-state index contributed by atoms with van der Waals surface area (Å²) in [6.45, 7) is 3.22. The van der Waals surface area contributed by atoms with Crippen LogP contribution in [-0.4, -0.2) is 27.4 Å². The fraction of sp³-hybridized carbons (Fsp3) is 0.267. The molecule has 2 N–H and O–H groups in total. The Morgan fingerprint density at radius 2 is 2.04 bits per heavy atom. The molecule has 24 heavy (non-hydrogen) atoms. The molecule has 0 atom stereocenters. The Hall–Kier alpha value is -1.39. The molecule has 128 valence electrons. The van der Waals surface area contributed by atoms with Gasteiger partial charge >= 0.3 is 0 Å². The Bertz CT molecular complexity index is 843. The average Bonchev–Trinajstić information content (AvgIpc) is 3.12. The maximum Gasteiger partial charge on any atom is 0.191 e. The number of aromatic nitrogens is 3. The first-order chi connectivity index (χ1) is 11.1. The third-order valence-electron chi connectivity index (χ3n) is 3.20. The summed E-state index contributed by atoms with van der Waals surface area (Å²) in [5, 5.41) is 10.2. The number of hydrogen-bond donors (Lipinski definition) is 2. The van der Waals surface area contributed by atoms with Gasteiger partial charge in [-0.15, -0.1) is 35.3 Å². The monoisotopic (exact) mass is 476 g/mol. The molecule has 9 heteroatoms. The van der Waals surface area contributed by atoms with Crippen molar-refractivity contribution < 1.29 is 0 Å². The number of aliphatic imine (C=N–C) groups is 1. The molecule has 0 saturated heterocycles. The van der Waals surface area contributed by atoms with Gasteiger partial charge < -0.3 is 15.0 Å². The fourth-order valence-corrected chi connectivity index (χ4v) is 3.02. The van der Waals surface area contributed by atoms with Crippen LogP contribution in [0.1, 0.15) is 16.4 Å². The standard InChI is InChI=1S/C15H17ClN6S.HI/c1-10-9-23-14(20-10)6-19-15(17-2)18-5-12-8-22-7-11(16)3-4-13(22)21-12;/h3-4,7-9H,5-6H2,1-2H3,(H2,17,18,19);1H. The number of hydrogen-bond acceptors (Lipinski definition) is 4. The molecule has 6 nitrogen and oxygen atoms in total. The minimum absolute atomic E-state index is 0. The van der Waals surface area contributed by atoms with Crippen LogP contribution in [0.2, 0.25) is 5.02 Å². The van der Waals surface area contributed by atoms with Crippen LogP contribution in [0.4, 0.5) is 0 Å². The van der Waals surface area contributed by atoms with E-state index in [-0.39, 0.29) is 24.0 Å². The van der Waals surface area contributed by atoms with Crippen LogP contribution in [0.5, 0.6) is 0 Å². The Kier molecular flexibility index (Phi) is 6.81. The van der Waals surface area contributed by atoms with E-state index in [1.54, 1.807) is 18.4 Å². The topological polar surface area (TPSA) is 66.6 Å². The van der Waals surface area contributed by atoms with Crippen LogP contribution < -0.4 is 10.6 Å². The largest absolute Gasteiger partial charge is 0.351 e. The van der Waals surface area contributed by atoms with Gasteiger partial charge in [0.15, 0.2) is 5.96 Å². The molecule has 0 radical (unpaired) electrons. The number of fused-ring (bicyclic) bond motifs is 1. The minimum Gasteiger partial charge on any atom is -0.351 e. The van der Waals surface area contributed by atoms with Crippen LogP contribution in [0.3, 0.4) is 0 Å². The highest BCUT2D eigenvalue weighted by Crippen LogP contribution is 2.11. The molecular weight excluding hydrogens is 459 g/mol. The number of halogens is 2. The normalized spacial score (nSPS) is 11.4. The summed E-state index contributed by atoms with van der Waals surface area (Å²) in [5.41, 5.74) is 2.82. The second-order valence-electron chi connectivity index (χ2n) is 5.01. The molecule has 0 aliphatic heterocycles. The van der Waals surface area contributed by atoms with Crippen molar-refractivity contribution in [1.82, 2.24) is 25.0 Å². The van der Waals surface area contributed by atoms with E-state index in [4.69, 9.17) is 11.6 Å². The lowest BCUT2D eigenvalue weighted by molar-refractivity contribution is 0.794. The smallest absolute Gasteiger partial charge is 0.191 e. The van der Waals surface area contributed by atoms with E-state index in [1.165, 1.54) is 0 Å². The highest BCUT2D eigenvalue weighted by molar-refractivity contribution is 14.0. The predicted molar refractivity (Wildman–Crippen MR) is 110 cm³/mol. The zero-order chi connectivity index (χ0) is 16.2. The molecule has 0 saturated carbocycles. The summed E-state index contributed by atoms with van der Waals surface area (Å²) in [6.07, 6.45) is 3.79. The van der Waals surface area contributed by atoms with Crippen molar-refractivity contribution in [2.45, 2.75) is 20.0 Å². The quantitative estimate of drug-likeness (QED) is 0.345. The number of nitrogens with one attached hydrogen (secondary N) is 2. The molecule has 0 spiro atoms. The molecule has 3 aromatic rings. The minimum atomic E-state index is 0. The van der Waals surface area contributed by atoms with Crippen LogP contribution in [-0.2, 0) is 13.1 Å². The van der Waals surface area contributed by atoms with E-state index < -0.39 is 0 Å². The maximum absolute atomic E-state index is 5.98. The average molecular weight is 477 g/mol. The van der Waals surface area contributed by atoms with E-state index in [0.29, 0.717) is 24.1 Å². The van der Waals surface area contributed by atoms with Crippen molar-refractivity contribution in [2.24, 2.45) is 4.99 Å². The Morgan fingerprint density at radius 3 is 2.75 bits per heavy atom. The first-order valence-corrected chi connectivity index (χ1v) is 8.38. The zero-order valence-electron chi connectivity index (χ0n) is 13.3. The molecule has 0 fully saturated rings. The van der Waals surface area contributed by atoms with Crippen molar-refractivity contribution in [1.29, 1.82) is 0 Å². The van der Waals surface area contributed by atoms with Gasteiger partial charge in [0.25, 0.3) is 0 Å². The lowest BCUT2D eigenvalue weighted by Gasteiger charge is -2.09. The summed E-state index contributed by atoms with van der Waals surface area (Å²) >= 11 is 7.62. The second-order valence-corrected chi connectivity index (χ2v) is 6.39. The van der Waals surface area contributed by atoms with E-state index in [0.717, 1.165) is 22.0 Å². The molecular formula is C15H18ClIN6S. The van der Waals surface area contributed by atoms with Crippen molar-refractivity contribution in [3.8, 4) is 0 Å². The number of imidazole rings is 1. The van der Waals surface area contributed by atoms with Gasteiger partial charge in [-0.25, -0.2) is 9.97 Å². The number of nitrogens with zero attached hydrogens (tertiary/aromatic N) is 4. The third-order valence-corrected chi connectivity index (χ3v) is 4.39. The Morgan fingerprint density at radius 1 is 1.25 bits per heavy atom. The highest BCUT2D eigenvalue weighted by Gasteiger charge is 2.05. The molecule has 0 amide bonds. The summed E-state index contributed by atoms with van der Waals surface area (Å²) in [4.78, 5) is 13.2. The maximum atomic E-state index is 5.98. The summed E-state index contributed by atoms with van der Waals surface area (Å²) < 4.78 is 1.91. The van der Waals surface area contributed by atoms with Crippen LogP contribution in [0, 0.1) is 6.92 Å². The van der Waals surface area contributed by atoms with E-state index >= 15 is 0 Å². The number of thiazole rings is 1. The van der Waals surface area contributed by atoms with Gasteiger partial charge in [-0.1, -0.05) is 11.6 Å². The van der Waals surface area contributed by atoms with Gasteiger partial charge in [0.1, 0.15) is 10.7 Å². The van der Waals surface area contributed by atoms with Gasteiger partial charge in [0, 0.05) is 30.5 Å². The number of rotatable bonds is 4. The van der Waals surface area contributed by atoms with Crippen LogP contribution in [0.25, 0.3) is 5.65 Å². The number of pyridine rings is 1. The summed E-state index contributed by atoms with van der Waals surface area (Å²) in [7, 11) is 1.74. The lowest BCUT2D eigenvalue weighted by Crippen LogP contribution is -2.36. The summed E-state index contributed by atoms with van der Waals surface area (Å²) in [5.74, 6) is 0.716. The molecule has 0 aliphatic carbocycles. The van der Waals surface area contributed by atoms with E-state index in [9.17, 15) is 0 Å². The van der Waals surface area contributed by atoms with Gasteiger partial charge in [-0.3, -0.25) is 4.99 Å².